The lowest BCUT2D eigenvalue weighted by Crippen LogP contribution is -2.37. The molecule has 32 heavy (non-hydrogen) atoms. The Labute approximate surface area is 185 Å². The van der Waals surface area contributed by atoms with E-state index in [9.17, 15) is 18.0 Å². The van der Waals surface area contributed by atoms with Crippen LogP contribution in [0, 0.1) is 13.8 Å². The number of pyridine rings is 1. The summed E-state index contributed by atoms with van der Waals surface area (Å²) in [6.45, 7) is 6.42. The molecule has 1 amide bonds. The van der Waals surface area contributed by atoms with Gasteiger partial charge in [-0.05, 0) is 56.0 Å². The molecule has 1 aliphatic heterocycles. The monoisotopic (exact) mass is 451 g/mol. The summed E-state index contributed by atoms with van der Waals surface area (Å²) in [6.07, 6.45) is -2.41. The number of nitrogens with zero attached hydrogens (tertiary/aromatic N) is 2. The zero-order valence-corrected chi connectivity index (χ0v) is 18.6. The molecule has 0 spiro atoms. The van der Waals surface area contributed by atoms with Crippen LogP contribution in [0.15, 0.2) is 30.5 Å². The molecule has 1 unspecified atom stereocenters. The molecule has 6 nitrogen and oxygen atoms in total. The summed E-state index contributed by atoms with van der Waals surface area (Å²) in [4.78, 5) is 18.7. The highest BCUT2D eigenvalue weighted by Crippen LogP contribution is 2.32. The summed E-state index contributed by atoms with van der Waals surface area (Å²) in [5.41, 5.74) is 3.82. The van der Waals surface area contributed by atoms with Crippen LogP contribution in [-0.2, 0) is 0 Å². The van der Waals surface area contributed by atoms with Gasteiger partial charge in [-0.2, -0.15) is 13.2 Å². The number of benzene rings is 1. The molecule has 2 atom stereocenters. The Bertz CT molecular complexity index is 948. The van der Waals surface area contributed by atoms with Crippen molar-refractivity contribution in [1.82, 2.24) is 15.2 Å². The van der Waals surface area contributed by atoms with Crippen LogP contribution in [0.1, 0.15) is 46.4 Å². The minimum atomic E-state index is -4.44. The Morgan fingerprint density at radius 3 is 2.62 bits per heavy atom. The summed E-state index contributed by atoms with van der Waals surface area (Å²) in [7, 11) is 1.66. The Morgan fingerprint density at radius 2 is 2.00 bits per heavy atom. The van der Waals surface area contributed by atoms with E-state index in [2.05, 4.69) is 39.9 Å². The maximum Gasteiger partial charge on any atom is 0.422 e. The molecule has 1 aliphatic rings. The SMILES string of the molecule is COc1ccc(C(C)N2CC[C@@H](NC(=O)c3ccc(OCC(F)(F)F)nc3)C2)c(C)c1C. The lowest BCUT2D eigenvalue weighted by Gasteiger charge is -2.27. The number of likely N-dealkylation sites (tertiary alicyclic amines) is 1. The molecule has 0 aliphatic carbocycles. The van der Waals surface area contributed by atoms with E-state index in [4.69, 9.17) is 4.74 Å². The van der Waals surface area contributed by atoms with Crippen LogP contribution in [0.25, 0.3) is 0 Å². The summed E-state index contributed by atoms with van der Waals surface area (Å²) >= 11 is 0. The maximum atomic E-state index is 12.5. The van der Waals surface area contributed by atoms with Gasteiger partial charge in [-0.25, -0.2) is 4.98 Å². The third kappa shape index (κ3) is 5.70. The van der Waals surface area contributed by atoms with Crippen LogP contribution >= 0.6 is 0 Å². The normalized spacial score (nSPS) is 17.8. The fraction of sp³-hybridized carbons (Fsp3) is 0.478. The molecule has 174 valence electrons. The van der Waals surface area contributed by atoms with E-state index in [1.807, 2.05) is 13.0 Å². The average Bonchev–Trinajstić information content (AvgIpc) is 3.22. The quantitative estimate of drug-likeness (QED) is 0.683. The van der Waals surface area contributed by atoms with Crippen molar-refractivity contribution in [3.05, 3.63) is 52.7 Å². The number of amides is 1. The van der Waals surface area contributed by atoms with Crippen molar-refractivity contribution in [2.75, 3.05) is 26.8 Å². The van der Waals surface area contributed by atoms with Gasteiger partial charge in [-0.15, -0.1) is 0 Å². The van der Waals surface area contributed by atoms with E-state index in [1.165, 1.54) is 29.5 Å². The summed E-state index contributed by atoms with van der Waals surface area (Å²) < 4.78 is 46.6. The van der Waals surface area contributed by atoms with Crippen molar-refractivity contribution < 1.29 is 27.4 Å². The molecule has 1 aromatic heterocycles. The van der Waals surface area contributed by atoms with Gasteiger partial charge in [0.15, 0.2) is 6.61 Å². The first-order chi connectivity index (χ1) is 15.1. The zero-order chi connectivity index (χ0) is 23.5. The fourth-order valence-electron chi connectivity index (χ4n) is 3.97. The number of ether oxygens (including phenoxy) is 2. The van der Waals surface area contributed by atoms with Crippen LogP contribution < -0.4 is 14.8 Å². The van der Waals surface area contributed by atoms with E-state index in [0.29, 0.717) is 6.54 Å². The van der Waals surface area contributed by atoms with Gasteiger partial charge < -0.3 is 14.8 Å². The van der Waals surface area contributed by atoms with E-state index in [0.717, 1.165) is 24.3 Å². The van der Waals surface area contributed by atoms with E-state index < -0.39 is 12.8 Å². The second kappa shape index (κ2) is 9.77. The third-order valence-electron chi connectivity index (χ3n) is 5.93. The van der Waals surface area contributed by atoms with Crippen molar-refractivity contribution in [3.63, 3.8) is 0 Å². The number of halogens is 3. The summed E-state index contributed by atoms with van der Waals surface area (Å²) in [6, 6.07) is 6.91. The Hall–Kier alpha value is -2.81. The van der Waals surface area contributed by atoms with Crippen molar-refractivity contribution in [1.29, 1.82) is 0 Å². The number of alkyl halides is 3. The van der Waals surface area contributed by atoms with Crippen molar-refractivity contribution >= 4 is 5.91 Å². The number of carbonyl (C=O) groups excluding carboxylic acids is 1. The van der Waals surface area contributed by atoms with E-state index in [-0.39, 0.29) is 29.4 Å². The molecular weight excluding hydrogens is 423 g/mol. The van der Waals surface area contributed by atoms with Gasteiger partial charge in [0.25, 0.3) is 5.91 Å². The fourth-order valence-corrected chi connectivity index (χ4v) is 3.97. The lowest BCUT2D eigenvalue weighted by molar-refractivity contribution is -0.154. The van der Waals surface area contributed by atoms with E-state index >= 15 is 0 Å². The molecule has 2 heterocycles. The Kier molecular flexibility index (Phi) is 7.28. The number of hydrogen-bond donors (Lipinski definition) is 1. The van der Waals surface area contributed by atoms with Crippen LogP contribution in [0.2, 0.25) is 0 Å². The predicted octanol–water partition coefficient (Wildman–Crippen LogP) is 4.21. The number of nitrogens with one attached hydrogen (secondary N) is 1. The maximum absolute atomic E-state index is 12.5. The number of carbonyl (C=O) groups is 1. The molecule has 0 saturated carbocycles. The van der Waals surface area contributed by atoms with Crippen molar-refractivity contribution in [2.24, 2.45) is 0 Å². The molecular formula is C23H28F3N3O3. The van der Waals surface area contributed by atoms with E-state index in [1.54, 1.807) is 7.11 Å². The molecule has 0 bridgehead atoms. The number of methoxy groups -OCH3 is 1. The molecule has 1 aromatic carbocycles. The first kappa shape index (κ1) is 23.8. The van der Waals surface area contributed by atoms with Crippen LogP contribution in [0.3, 0.4) is 0 Å². The molecule has 1 fully saturated rings. The highest BCUT2D eigenvalue weighted by atomic mass is 19.4. The topological polar surface area (TPSA) is 63.7 Å². The van der Waals surface area contributed by atoms with Gasteiger partial charge in [0.05, 0.1) is 12.7 Å². The average molecular weight is 451 g/mol. The van der Waals surface area contributed by atoms with Crippen molar-refractivity contribution in [3.8, 4) is 11.6 Å². The third-order valence-corrected chi connectivity index (χ3v) is 5.93. The highest BCUT2D eigenvalue weighted by Gasteiger charge is 2.30. The van der Waals surface area contributed by atoms with Gasteiger partial charge in [0, 0.05) is 37.4 Å². The predicted molar refractivity (Wildman–Crippen MR) is 114 cm³/mol. The van der Waals surface area contributed by atoms with Crippen LogP contribution in [0.4, 0.5) is 13.2 Å². The summed E-state index contributed by atoms with van der Waals surface area (Å²) in [5, 5.41) is 2.99. The van der Waals surface area contributed by atoms with Gasteiger partial charge in [-0.1, -0.05) is 6.07 Å². The number of hydrogen-bond acceptors (Lipinski definition) is 5. The Balaban J connectivity index is 1.57. The van der Waals surface area contributed by atoms with Crippen LogP contribution in [-0.4, -0.2) is 54.8 Å². The molecule has 2 aromatic rings. The first-order valence-electron chi connectivity index (χ1n) is 10.4. The molecule has 1 saturated heterocycles. The lowest BCUT2D eigenvalue weighted by atomic mass is 9.97. The second-order valence-corrected chi connectivity index (χ2v) is 8.03. The zero-order valence-electron chi connectivity index (χ0n) is 18.6. The van der Waals surface area contributed by atoms with Gasteiger partial charge in [0.1, 0.15) is 5.75 Å². The number of rotatable bonds is 7. The molecule has 3 rings (SSSR count). The minimum Gasteiger partial charge on any atom is -0.496 e. The molecule has 0 radical (unpaired) electrons. The molecule has 1 N–H and O–H groups in total. The van der Waals surface area contributed by atoms with Crippen molar-refractivity contribution in [2.45, 2.75) is 45.5 Å². The molecule has 9 heteroatoms. The standard InChI is InChI=1S/C23H28F3N3O3/c1-14-15(2)20(31-4)7-6-19(14)16(3)29-10-9-18(12-29)28-22(30)17-5-8-21(27-11-17)32-13-23(24,25)26/h5-8,11,16,18H,9-10,12-13H2,1-4H3,(H,28,30)/t16?,18-/m1/s1. The first-order valence-corrected chi connectivity index (χ1v) is 10.4. The largest absolute Gasteiger partial charge is 0.496 e. The van der Waals surface area contributed by atoms with Crippen LogP contribution in [0.5, 0.6) is 11.6 Å². The smallest absolute Gasteiger partial charge is 0.422 e. The summed E-state index contributed by atoms with van der Waals surface area (Å²) in [5.74, 6) is 0.384. The second-order valence-electron chi connectivity index (χ2n) is 8.03. The minimum absolute atomic E-state index is 0.0224. The van der Waals surface area contributed by atoms with Gasteiger partial charge in [-0.3, -0.25) is 9.69 Å². The Morgan fingerprint density at radius 1 is 1.25 bits per heavy atom. The highest BCUT2D eigenvalue weighted by molar-refractivity contribution is 5.94. The van der Waals surface area contributed by atoms with Gasteiger partial charge >= 0.3 is 6.18 Å². The number of aromatic nitrogens is 1. The van der Waals surface area contributed by atoms with Gasteiger partial charge in [0.2, 0.25) is 5.88 Å².